The molecule has 2 rings (SSSR count). The van der Waals surface area contributed by atoms with E-state index in [1.807, 2.05) is 38.2 Å². The number of nitriles is 1. The molecular formula is C15H19N3O. The number of carbonyl (C=O) groups excluding carboxylic acids is 1. The van der Waals surface area contributed by atoms with E-state index in [2.05, 4.69) is 11.0 Å². The first-order valence-electron chi connectivity index (χ1n) is 6.58. The van der Waals surface area contributed by atoms with E-state index >= 15 is 0 Å². The van der Waals surface area contributed by atoms with Gasteiger partial charge in [0, 0.05) is 25.8 Å². The summed E-state index contributed by atoms with van der Waals surface area (Å²) in [5.41, 5.74) is 2.22. The average molecular weight is 257 g/mol. The molecule has 1 aliphatic rings. The molecule has 100 valence electrons. The van der Waals surface area contributed by atoms with Crippen LogP contribution < -0.4 is 4.90 Å². The van der Waals surface area contributed by atoms with E-state index in [1.54, 1.807) is 4.90 Å². The summed E-state index contributed by atoms with van der Waals surface area (Å²) in [5.74, 6) is 0.0413. The summed E-state index contributed by atoms with van der Waals surface area (Å²) in [6, 6.07) is 9.91. The summed E-state index contributed by atoms with van der Waals surface area (Å²) < 4.78 is 0. The predicted molar refractivity (Wildman–Crippen MR) is 74.8 cm³/mol. The molecule has 4 nitrogen and oxygen atoms in total. The second kappa shape index (κ2) is 5.75. The van der Waals surface area contributed by atoms with Gasteiger partial charge in [0.1, 0.15) is 6.04 Å². The SMILES string of the molecule is Cc1ccc(N2CCCN(C)C(=O)C2CC#N)cc1. The molecular weight excluding hydrogens is 238 g/mol. The predicted octanol–water partition coefficient (Wildman–Crippen LogP) is 1.95. The third-order valence-electron chi connectivity index (χ3n) is 3.58. The van der Waals surface area contributed by atoms with E-state index < -0.39 is 0 Å². The summed E-state index contributed by atoms with van der Waals surface area (Å²) in [7, 11) is 1.81. The zero-order valence-corrected chi connectivity index (χ0v) is 11.5. The van der Waals surface area contributed by atoms with Crippen LogP contribution in [0.1, 0.15) is 18.4 Å². The Morgan fingerprint density at radius 3 is 2.63 bits per heavy atom. The van der Waals surface area contributed by atoms with Crippen molar-refractivity contribution in [1.29, 1.82) is 5.26 Å². The van der Waals surface area contributed by atoms with Gasteiger partial charge in [0.2, 0.25) is 5.91 Å². The smallest absolute Gasteiger partial charge is 0.246 e. The van der Waals surface area contributed by atoms with Crippen LogP contribution in [0.3, 0.4) is 0 Å². The van der Waals surface area contributed by atoms with Crippen molar-refractivity contribution in [3.63, 3.8) is 0 Å². The fourth-order valence-electron chi connectivity index (χ4n) is 2.46. The van der Waals surface area contributed by atoms with Crippen molar-refractivity contribution in [3.05, 3.63) is 29.8 Å². The molecule has 19 heavy (non-hydrogen) atoms. The molecule has 0 aromatic heterocycles. The highest BCUT2D eigenvalue weighted by Gasteiger charge is 2.30. The topological polar surface area (TPSA) is 47.3 Å². The maximum absolute atomic E-state index is 12.3. The van der Waals surface area contributed by atoms with E-state index in [9.17, 15) is 4.79 Å². The lowest BCUT2D eigenvalue weighted by Crippen LogP contribution is -2.44. The Kier molecular flexibility index (Phi) is 4.06. The molecule has 1 saturated heterocycles. The molecule has 1 heterocycles. The van der Waals surface area contributed by atoms with Gasteiger partial charge in [-0.15, -0.1) is 0 Å². The Hall–Kier alpha value is -2.02. The molecule has 0 bridgehead atoms. The molecule has 1 aromatic carbocycles. The number of rotatable bonds is 2. The lowest BCUT2D eigenvalue weighted by molar-refractivity contribution is -0.130. The molecule has 0 saturated carbocycles. The normalized spacial score (nSPS) is 20.1. The minimum absolute atomic E-state index is 0.0413. The van der Waals surface area contributed by atoms with Gasteiger partial charge in [-0.1, -0.05) is 17.7 Å². The van der Waals surface area contributed by atoms with Gasteiger partial charge in [-0.05, 0) is 25.5 Å². The summed E-state index contributed by atoms with van der Waals surface area (Å²) in [4.78, 5) is 16.1. The van der Waals surface area contributed by atoms with Crippen LogP contribution in [-0.2, 0) is 4.79 Å². The second-order valence-corrected chi connectivity index (χ2v) is 5.02. The highest BCUT2D eigenvalue weighted by atomic mass is 16.2. The van der Waals surface area contributed by atoms with Crippen LogP contribution in [0.2, 0.25) is 0 Å². The Morgan fingerprint density at radius 1 is 1.32 bits per heavy atom. The minimum Gasteiger partial charge on any atom is -0.359 e. The molecule has 0 N–H and O–H groups in total. The van der Waals surface area contributed by atoms with Crippen LogP contribution in [0.15, 0.2) is 24.3 Å². The summed E-state index contributed by atoms with van der Waals surface area (Å²) in [6.07, 6.45) is 1.16. The molecule has 1 aromatic rings. The molecule has 1 atom stereocenters. The first-order valence-corrected chi connectivity index (χ1v) is 6.58. The fraction of sp³-hybridized carbons (Fsp3) is 0.467. The Bertz CT molecular complexity index is 489. The van der Waals surface area contributed by atoms with Crippen LogP contribution in [0.5, 0.6) is 0 Å². The van der Waals surface area contributed by atoms with Crippen molar-refractivity contribution in [2.45, 2.75) is 25.8 Å². The molecule has 4 heteroatoms. The number of amides is 1. The monoisotopic (exact) mass is 257 g/mol. The van der Waals surface area contributed by atoms with Crippen molar-refractivity contribution >= 4 is 11.6 Å². The molecule has 0 aliphatic carbocycles. The highest BCUT2D eigenvalue weighted by molar-refractivity contribution is 5.86. The molecule has 1 aliphatic heterocycles. The third-order valence-corrected chi connectivity index (χ3v) is 3.58. The lowest BCUT2D eigenvalue weighted by atomic mass is 10.1. The maximum atomic E-state index is 12.3. The van der Waals surface area contributed by atoms with Gasteiger partial charge in [0.25, 0.3) is 0 Å². The van der Waals surface area contributed by atoms with Crippen molar-refractivity contribution in [2.24, 2.45) is 0 Å². The van der Waals surface area contributed by atoms with Gasteiger partial charge in [-0.3, -0.25) is 4.79 Å². The van der Waals surface area contributed by atoms with Crippen LogP contribution in [0.4, 0.5) is 5.69 Å². The molecule has 0 spiro atoms. The number of nitrogens with zero attached hydrogens (tertiary/aromatic N) is 3. The van der Waals surface area contributed by atoms with Gasteiger partial charge in [-0.25, -0.2) is 0 Å². The van der Waals surface area contributed by atoms with Gasteiger partial charge < -0.3 is 9.80 Å². The summed E-state index contributed by atoms with van der Waals surface area (Å²) in [6.45, 7) is 3.60. The van der Waals surface area contributed by atoms with E-state index in [-0.39, 0.29) is 18.4 Å². The zero-order valence-electron chi connectivity index (χ0n) is 11.5. The van der Waals surface area contributed by atoms with Crippen LogP contribution in [0, 0.1) is 18.3 Å². The van der Waals surface area contributed by atoms with Gasteiger partial charge >= 0.3 is 0 Å². The summed E-state index contributed by atoms with van der Waals surface area (Å²) >= 11 is 0. The Labute approximate surface area is 114 Å². The fourth-order valence-corrected chi connectivity index (χ4v) is 2.46. The van der Waals surface area contributed by atoms with Gasteiger partial charge in [0.15, 0.2) is 0 Å². The number of benzene rings is 1. The standard InChI is InChI=1S/C15H19N3O/c1-12-4-6-13(7-5-12)18-11-3-10-17(2)15(19)14(18)8-9-16/h4-7,14H,3,8,10-11H2,1-2H3. The third kappa shape index (κ3) is 2.87. The van der Waals surface area contributed by atoms with Crippen molar-refractivity contribution in [3.8, 4) is 6.07 Å². The van der Waals surface area contributed by atoms with E-state index in [1.165, 1.54) is 5.56 Å². The summed E-state index contributed by atoms with van der Waals surface area (Å²) in [5, 5.41) is 8.98. The number of likely N-dealkylation sites (N-methyl/N-ethyl adjacent to an activating group) is 1. The van der Waals surface area contributed by atoms with Crippen LogP contribution in [0.25, 0.3) is 0 Å². The van der Waals surface area contributed by atoms with E-state index in [0.717, 1.165) is 25.2 Å². The van der Waals surface area contributed by atoms with Crippen molar-refractivity contribution in [2.75, 3.05) is 25.0 Å². The van der Waals surface area contributed by atoms with Crippen LogP contribution in [-0.4, -0.2) is 37.0 Å². The zero-order chi connectivity index (χ0) is 13.8. The average Bonchev–Trinajstić information content (AvgIpc) is 2.54. The largest absolute Gasteiger partial charge is 0.359 e. The molecule has 1 amide bonds. The van der Waals surface area contributed by atoms with E-state index in [0.29, 0.717) is 0 Å². The highest BCUT2D eigenvalue weighted by Crippen LogP contribution is 2.23. The lowest BCUT2D eigenvalue weighted by Gasteiger charge is -2.30. The Morgan fingerprint density at radius 2 is 2.00 bits per heavy atom. The first kappa shape index (κ1) is 13.4. The quantitative estimate of drug-likeness (QED) is 0.813. The van der Waals surface area contributed by atoms with E-state index in [4.69, 9.17) is 5.26 Å². The molecule has 0 radical (unpaired) electrons. The number of anilines is 1. The number of hydrogen-bond donors (Lipinski definition) is 0. The van der Waals surface area contributed by atoms with Gasteiger partial charge in [0.05, 0.1) is 12.5 Å². The minimum atomic E-state index is -0.361. The number of carbonyl (C=O) groups is 1. The molecule has 1 fully saturated rings. The Balaban J connectivity index is 2.32. The molecule has 1 unspecified atom stereocenters. The van der Waals surface area contributed by atoms with Crippen molar-refractivity contribution in [1.82, 2.24) is 4.90 Å². The number of hydrogen-bond acceptors (Lipinski definition) is 3. The van der Waals surface area contributed by atoms with Gasteiger partial charge in [-0.2, -0.15) is 5.26 Å². The second-order valence-electron chi connectivity index (χ2n) is 5.02. The first-order chi connectivity index (χ1) is 9.13. The van der Waals surface area contributed by atoms with Crippen molar-refractivity contribution < 1.29 is 4.79 Å². The maximum Gasteiger partial charge on any atom is 0.246 e. The number of aryl methyl sites for hydroxylation is 1. The van der Waals surface area contributed by atoms with Crippen LogP contribution >= 0.6 is 0 Å².